The first-order valence-corrected chi connectivity index (χ1v) is 9.96. The number of nitrogens with zero attached hydrogens (tertiary/aromatic N) is 4. The monoisotopic (exact) mass is 376 g/mol. The molecule has 6 heteroatoms. The second kappa shape index (κ2) is 9.23. The summed E-state index contributed by atoms with van der Waals surface area (Å²) >= 11 is 0. The van der Waals surface area contributed by atoms with Gasteiger partial charge in [-0.1, -0.05) is 19.9 Å². The van der Waals surface area contributed by atoms with Crippen molar-refractivity contribution in [3.8, 4) is 12.3 Å². The Morgan fingerprint density at radius 3 is 2.68 bits per heavy atom. The fraction of sp³-hybridized carbons (Fsp3) is 0.409. The van der Waals surface area contributed by atoms with Crippen LogP contribution in [-0.2, 0) is 6.42 Å². The average Bonchev–Trinajstić information content (AvgIpc) is 2.71. The second-order valence-corrected chi connectivity index (χ2v) is 7.01. The van der Waals surface area contributed by atoms with Crippen LogP contribution in [0.15, 0.2) is 29.4 Å². The highest BCUT2D eigenvalue weighted by atomic mass is 15.3. The van der Waals surface area contributed by atoms with Gasteiger partial charge in [-0.05, 0) is 55.7 Å². The highest BCUT2D eigenvalue weighted by molar-refractivity contribution is 6.03. The molecule has 3 N–H and O–H groups in total. The molecule has 0 atom stereocenters. The first-order valence-electron chi connectivity index (χ1n) is 9.96. The van der Waals surface area contributed by atoms with Crippen LogP contribution in [-0.4, -0.2) is 28.8 Å². The number of nitrogen functional groups attached to an aromatic ring is 1. The summed E-state index contributed by atoms with van der Waals surface area (Å²) in [6, 6.07) is 7.95. The van der Waals surface area contributed by atoms with E-state index in [-0.39, 0.29) is 0 Å². The van der Waals surface area contributed by atoms with Crippen molar-refractivity contribution < 1.29 is 0 Å². The molecule has 0 bridgehead atoms. The van der Waals surface area contributed by atoms with Gasteiger partial charge in [0.25, 0.3) is 0 Å². The van der Waals surface area contributed by atoms with Gasteiger partial charge in [0.2, 0.25) is 5.82 Å². The number of rotatable bonds is 7. The summed E-state index contributed by atoms with van der Waals surface area (Å²) in [6.07, 6.45) is 10.7. The standard InChI is InChI=1S/C22H28N6/c1-4-12-28(13-5-2)22-15-21(24-20(6-3)25-22)27-26-19-9-7-8-16-10-11-17(23)14-18(16)19/h3,10-11,14-15H,4-5,7-9,12-13,23H2,1-2H3,(H,24,25,27)/b26-19+. The summed E-state index contributed by atoms with van der Waals surface area (Å²) in [4.78, 5) is 11.1. The van der Waals surface area contributed by atoms with Crippen LogP contribution in [0.25, 0.3) is 0 Å². The summed E-state index contributed by atoms with van der Waals surface area (Å²) < 4.78 is 0. The van der Waals surface area contributed by atoms with Crippen LogP contribution >= 0.6 is 0 Å². The SMILES string of the molecule is C#Cc1nc(N/N=C2\CCCc3ccc(N)cc32)cc(N(CCC)CCC)n1. The van der Waals surface area contributed by atoms with Crippen LogP contribution in [0.4, 0.5) is 17.3 Å². The van der Waals surface area contributed by atoms with E-state index < -0.39 is 0 Å². The number of aromatic nitrogens is 2. The number of aryl methyl sites for hydroxylation is 1. The third-order valence-corrected chi connectivity index (χ3v) is 4.76. The summed E-state index contributed by atoms with van der Waals surface area (Å²) in [7, 11) is 0. The summed E-state index contributed by atoms with van der Waals surface area (Å²) in [5.41, 5.74) is 13.2. The Kier molecular flexibility index (Phi) is 6.49. The van der Waals surface area contributed by atoms with Crippen molar-refractivity contribution in [2.45, 2.75) is 46.0 Å². The van der Waals surface area contributed by atoms with Gasteiger partial charge in [0.05, 0.1) is 5.71 Å². The number of hydrogen-bond acceptors (Lipinski definition) is 6. The lowest BCUT2D eigenvalue weighted by Gasteiger charge is -2.23. The molecule has 1 aromatic carbocycles. The highest BCUT2D eigenvalue weighted by Crippen LogP contribution is 2.24. The lowest BCUT2D eigenvalue weighted by atomic mass is 9.90. The molecule has 0 unspecified atom stereocenters. The largest absolute Gasteiger partial charge is 0.399 e. The summed E-state index contributed by atoms with van der Waals surface area (Å²) in [5, 5.41) is 4.64. The molecule has 1 heterocycles. The highest BCUT2D eigenvalue weighted by Gasteiger charge is 2.16. The van der Waals surface area contributed by atoms with Gasteiger partial charge < -0.3 is 10.6 Å². The van der Waals surface area contributed by atoms with Gasteiger partial charge in [-0.25, -0.2) is 9.97 Å². The molecule has 28 heavy (non-hydrogen) atoms. The molecule has 0 fully saturated rings. The molecule has 2 aromatic rings. The molecule has 0 spiro atoms. The van der Waals surface area contributed by atoms with E-state index in [1.807, 2.05) is 18.2 Å². The van der Waals surface area contributed by atoms with Crippen LogP contribution in [0.1, 0.15) is 56.5 Å². The van der Waals surface area contributed by atoms with Crippen molar-refractivity contribution in [3.63, 3.8) is 0 Å². The van der Waals surface area contributed by atoms with Gasteiger partial charge in [0.1, 0.15) is 5.82 Å². The Hall–Kier alpha value is -3.07. The Morgan fingerprint density at radius 1 is 1.18 bits per heavy atom. The predicted molar refractivity (Wildman–Crippen MR) is 117 cm³/mol. The molecule has 0 aliphatic heterocycles. The zero-order valence-electron chi connectivity index (χ0n) is 16.7. The number of hydrogen-bond donors (Lipinski definition) is 2. The molecule has 0 saturated heterocycles. The van der Waals surface area contributed by atoms with E-state index in [1.54, 1.807) is 0 Å². The van der Waals surface area contributed by atoms with Crippen LogP contribution in [0, 0.1) is 12.3 Å². The number of fused-ring (bicyclic) bond motifs is 1. The molecule has 3 rings (SSSR count). The number of nitrogens with two attached hydrogens (primary N) is 1. The van der Waals surface area contributed by atoms with Crippen LogP contribution in [0.5, 0.6) is 0 Å². The maximum atomic E-state index is 5.98. The molecule has 0 radical (unpaired) electrons. The number of nitrogens with one attached hydrogen (secondary N) is 1. The maximum Gasteiger partial charge on any atom is 0.208 e. The molecule has 1 aromatic heterocycles. The van der Waals surface area contributed by atoms with Gasteiger partial charge in [-0.3, -0.25) is 5.43 Å². The molecule has 6 nitrogen and oxygen atoms in total. The fourth-order valence-corrected chi connectivity index (χ4v) is 3.50. The van der Waals surface area contributed by atoms with Crippen molar-refractivity contribution in [1.82, 2.24) is 9.97 Å². The maximum absolute atomic E-state index is 5.98. The Labute approximate surface area is 167 Å². The second-order valence-electron chi connectivity index (χ2n) is 7.01. The van der Waals surface area contributed by atoms with E-state index in [4.69, 9.17) is 12.2 Å². The van der Waals surface area contributed by atoms with Gasteiger partial charge in [0.15, 0.2) is 5.82 Å². The lowest BCUT2D eigenvalue weighted by Crippen LogP contribution is -2.26. The predicted octanol–water partition coefficient (Wildman–Crippen LogP) is 3.82. The zero-order chi connectivity index (χ0) is 19.9. The molecule has 1 aliphatic rings. The fourth-order valence-electron chi connectivity index (χ4n) is 3.50. The topological polar surface area (TPSA) is 79.4 Å². The molecule has 146 valence electrons. The van der Waals surface area contributed by atoms with E-state index in [1.165, 1.54) is 5.56 Å². The summed E-state index contributed by atoms with van der Waals surface area (Å²) in [6.45, 7) is 6.16. The minimum atomic E-state index is 0.366. The van der Waals surface area contributed by atoms with Crippen molar-refractivity contribution in [1.29, 1.82) is 0 Å². The van der Waals surface area contributed by atoms with E-state index in [2.05, 4.69) is 51.2 Å². The number of anilines is 3. The van der Waals surface area contributed by atoms with Crippen LogP contribution in [0.2, 0.25) is 0 Å². The van der Waals surface area contributed by atoms with E-state index in [0.29, 0.717) is 11.6 Å². The lowest BCUT2D eigenvalue weighted by molar-refractivity contribution is 0.732. The van der Waals surface area contributed by atoms with E-state index in [0.717, 1.165) is 68.0 Å². The van der Waals surface area contributed by atoms with E-state index in [9.17, 15) is 0 Å². The number of benzene rings is 1. The normalized spacial score (nSPS) is 14.4. The third kappa shape index (κ3) is 4.61. The molecule has 1 aliphatic carbocycles. The smallest absolute Gasteiger partial charge is 0.208 e. The van der Waals surface area contributed by atoms with Gasteiger partial charge in [-0.2, -0.15) is 5.10 Å². The first-order chi connectivity index (χ1) is 13.6. The average molecular weight is 377 g/mol. The Bertz CT molecular complexity index is 890. The molecular formula is C22H28N6. The quantitative estimate of drug-likeness (QED) is 0.436. The van der Waals surface area contributed by atoms with Crippen molar-refractivity contribution in [2.75, 3.05) is 29.1 Å². The minimum absolute atomic E-state index is 0.366. The number of terminal acetylenes is 1. The summed E-state index contributed by atoms with van der Waals surface area (Å²) in [5.74, 6) is 4.37. The van der Waals surface area contributed by atoms with Gasteiger partial charge in [0, 0.05) is 30.4 Å². The van der Waals surface area contributed by atoms with Crippen molar-refractivity contribution >= 4 is 23.0 Å². The van der Waals surface area contributed by atoms with Crippen LogP contribution < -0.4 is 16.1 Å². The molecule has 0 amide bonds. The van der Waals surface area contributed by atoms with Crippen LogP contribution in [0.3, 0.4) is 0 Å². The minimum Gasteiger partial charge on any atom is -0.399 e. The Morgan fingerprint density at radius 2 is 1.96 bits per heavy atom. The van der Waals surface area contributed by atoms with Crippen molar-refractivity contribution in [3.05, 3.63) is 41.2 Å². The third-order valence-electron chi connectivity index (χ3n) is 4.76. The molecule has 0 saturated carbocycles. The van der Waals surface area contributed by atoms with Gasteiger partial charge in [-0.15, -0.1) is 6.42 Å². The molecular weight excluding hydrogens is 348 g/mol. The Balaban J connectivity index is 1.89. The first kappa shape index (κ1) is 19.7. The van der Waals surface area contributed by atoms with Gasteiger partial charge >= 0.3 is 0 Å². The zero-order valence-corrected chi connectivity index (χ0v) is 16.7. The van der Waals surface area contributed by atoms with Crippen molar-refractivity contribution in [2.24, 2.45) is 5.10 Å². The van der Waals surface area contributed by atoms with E-state index >= 15 is 0 Å². The number of hydrazone groups is 1.